The number of benzene rings is 2. The van der Waals surface area contributed by atoms with Gasteiger partial charge in [-0.3, -0.25) is 4.79 Å². The lowest BCUT2D eigenvalue weighted by molar-refractivity contribution is 0.102. The molecule has 0 fully saturated rings. The normalized spacial score (nSPS) is 13.4. The van der Waals surface area contributed by atoms with E-state index in [1.165, 1.54) is 6.42 Å². The Labute approximate surface area is 197 Å². The molecule has 7 nitrogen and oxygen atoms in total. The number of para-hydroxylation sites is 1. The highest BCUT2D eigenvalue weighted by atomic mass is 35.5. The third-order valence-corrected chi connectivity index (χ3v) is 6.50. The molecule has 0 unspecified atom stereocenters. The Kier molecular flexibility index (Phi) is 5.72. The summed E-state index contributed by atoms with van der Waals surface area (Å²) >= 11 is 6.53. The van der Waals surface area contributed by atoms with Crippen LogP contribution in [0, 0.1) is 13.8 Å². The van der Waals surface area contributed by atoms with E-state index in [-0.39, 0.29) is 5.91 Å². The van der Waals surface area contributed by atoms with E-state index in [9.17, 15) is 4.79 Å². The summed E-state index contributed by atoms with van der Waals surface area (Å²) in [5.74, 6) is 1.52. The number of rotatable bonds is 4. The van der Waals surface area contributed by atoms with Gasteiger partial charge in [0, 0.05) is 24.2 Å². The maximum absolute atomic E-state index is 13.1. The standard InChI is InChI=1S/C25H25ClN6O/c1-16-8-5-6-9-22(16)32-17(2)20(15-27-32)25(33)28-18-11-12-21(26)19(14-18)24-30-29-23-10-4-3-7-13-31(23)24/h5-6,8-9,11-12,14-15H,3-4,7,10,13H2,1-2H3,(H,28,33). The summed E-state index contributed by atoms with van der Waals surface area (Å²) in [4.78, 5) is 13.1. The Hall–Kier alpha value is -3.45. The summed E-state index contributed by atoms with van der Waals surface area (Å²) in [5, 5.41) is 16.8. The highest BCUT2D eigenvalue weighted by Crippen LogP contribution is 2.31. The van der Waals surface area contributed by atoms with Gasteiger partial charge in [-0.1, -0.05) is 36.2 Å². The van der Waals surface area contributed by atoms with Gasteiger partial charge in [0.25, 0.3) is 5.91 Å². The second kappa shape index (κ2) is 8.83. The first-order valence-corrected chi connectivity index (χ1v) is 11.5. The Morgan fingerprint density at radius 3 is 2.76 bits per heavy atom. The zero-order valence-electron chi connectivity index (χ0n) is 18.7. The van der Waals surface area contributed by atoms with Crippen molar-refractivity contribution in [2.45, 2.75) is 46.1 Å². The molecule has 5 rings (SSSR count). The molecular weight excluding hydrogens is 436 g/mol. The third kappa shape index (κ3) is 4.04. The quantitative estimate of drug-likeness (QED) is 0.443. The van der Waals surface area contributed by atoms with Crippen LogP contribution in [0.5, 0.6) is 0 Å². The number of carbonyl (C=O) groups excluding carboxylic acids is 1. The predicted octanol–water partition coefficient (Wildman–Crippen LogP) is 5.38. The molecule has 0 spiro atoms. The lowest BCUT2D eigenvalue weighted by Gasteiger charge is -2.11. The molecule has 1 amide bonds. The van der Waals surface area contributed by atoms with E-state index in [0.29, 0.717) is 16.3 Å². The number of hydrogen-bond acceptors (Lipinski definition) is 4. The van der Waals surface area contributed by atoms with Crippen molar-refractivity contribution in [2.75, 3.05) is 5.32 Å². The molecule has 0 saturated heterocycles. The van der Waals surface area contributed by atoms with Gasteiger partial charge in [-0.05, 0) is 56.5 Å². The van der Waals surface area contributed by atoms with Crippen molar-refractivity contribution in [3.05, 3.63) is 76.3 Å². The number of amides is 1. The Morgan fingerprint density at radius 2 is 1.91 bits per heavy atom. The summed E-state index contributed by atoms with van der Waals surface area (Å²) in [6, 6.07) is 13.4. The molecule has 2 aromatic carbocycles. The molecule has 0 bridgehead atoms. The minimum atomic E-state index is -0.222. The summed E-state index contributed by atoms with van der Waals surface area (Å²) < 4.78 is 3.94. The molecule has 1 aliphatic rings. The molecule has 33 heavy (non-hydrogen) atoms. The first-order chi connectivity index (χ1) is 16.0. The second-order valence-electron chi connectivity index (χ2n) is 8.39. The number of aromatic nitrogens is 5. The fourth-order valence-electron chi connectivity index (χ4n) is 4.33. The molecule has 3 heterocycles. The molecule has 1 N–H and O–H groups in total. The fourth-order valence-corrected chi connectivity index (χ4v) is 4.54. The van der Waals surface area contributed by atoms with Crippen LogP contribution >= 0.6 is 11.6 Å². The van der Waals surface area contributed by atoms with Gasteiger partial charge >= 0.3 is 0 Å². The van der Waals surface area contributed by atoms with E-state index in [2.05, 4.69) is 25.2 Å². The Balaban J connectivity index is 1.43. The summed E-state index contributed by atoms with van der Waals surface area (Å²) in [5.41, 5.74) is 4.75. The van der Waals surface area contributed by atoms with E-state index in [1.807, 2.05) is 44.2 Å². The van der Waals surface area contributed by atoms with Crippen molar-refractivity contribution in [2.24, 2.45) is 0 Å². The number of aryl methyl sites for hydroxylation is 2. The molecule has 2 aromatic heterocycles. The monoisotopic (exact) mass is 460 g/mol. The first kappa shape index (κ1) is 21.4. The van der Waals surface area contributed by atoms with Crippen LogP contribution in [0.4, 0.5) is 5.69 Å². The minimum absolute atomic E-state index is 0.222. The van der Waals surface area contributed by atoms with Gasteiger partial charge in [0.15, 0.2) is 5.82 Å². The van der Waals surface area contributed by atoms with E-state index in [0.717, 1.165) is 60.0 Å². The lowest BCUT2D eigenvalue weighted by atomic mass is 10.1. The van der Waals surface area contributed by atoms with Gasteiger partial charge < -0.3 is 9.88 Å². The number of fused-ring (bicyclic) bond motifs is 1. The minimum Gasteiger partial charge on any atom is -0.322 e. The van der Waals surface area contributed by atoms with Crippen LogP contribution in [-0.4, -0.2) is 30.5 Å². The number of carbonyl (C=O) groups is 1. The van der Waals surface area contributed by atoms with E-state index in [4.69, 9.17) is 11.6 Å². The summed E-state index contributed by atoms with van der Waals surface area (Å²) in [6.07, 6.45) is 5.92. The first-order valence-electron chi connectivity index (χ1n) is 11.2. The molecule has 8 heteroatoms. The largest absolute Gasteiger partial charge is 0.322 e. The Morgan fingerprint density at radius 1 is 1.06 bits per heavy atom. The van der Waals surface area contributed by atoms with Gasteiger partial charge in [-0.25, -0.2) is 4.68 Å². The molecule has 0 radical (unpaired) electrons. The van der Waals surface area contributed by atoms with Crippen molar-refractivity contribution in [3.63, 3.8) is 0 Å². The highest BCUT2D eigenvalue weighted by Gasteiger charge is 2.20. The van der Waals surface area contributed by atoms with Crippen molar-refractivity contribution in [1.29, 1.82) is 0 Å². The molecule has 4 aromatic rings. The summed E-state index contributed by atoms with van der Waals surface area (Å²) in [7, 11) is 0. The van der Waals surface area contributed by atoms with Gasteiger partial charge in [0.05, 0.1) is 28.2 Å². The van der Waals surface area contributed by atoms with Crippen LogP contribution in [0.2, 0.25) is 5.02 Å². The van der Waals surface area contributed by atoms with Crippen molar-refractivity contribution >= 4 is 23.2 Å². The maximum atomic E-state index is 13.1. The topological polar surface area (TPSA) is 77.6 Å². The highest BCUT2D eigenvalue weighted by molar-refractivity contribution is 6.33. The molecule has 168 valence electrons. The third-order valence-electron chi connectivity index (χ3n) is 6.17. The van der Waals surface area contributed by atoms with Crippen LogP contribution in [0.3, 0.4) is 0 Å². The van der Waals surface area contributed by atoms with Crippen molar-refractivity contribution in [3.8, 4) is 17.1 Å². The van der Waals surface area contributed by atoms with Gasteiger partial charge in [0.2, 0.25) is 0 Å². The second-order valence-corrected chi connectivity index (χ2v) is 8.80. The van der Waals surface area contributed by atoms with E-state index >= 15 is 0 Å². The number of anilines is 1. The molecule has 0 saturated carbocycles. The van der Waals surface area contributed by atoms with Crippen LogP contribution in [0.15, 0.2) is 48.7 Å². The fraction of sp³-hybridized carbons (Fsp3) is 0.280. The molecule has 0 aliphatic carbocycles. The molecular formula is C25H25ClN6O. The smallest absolute Gasteiger partial charge is 0.259 e. The van der Waals surface area contributed by atoms with Crippen molar-refractivity contribution < 1.29 is 4.79 Å². The van der Waals surface area contributed by atoms with Crippen LogP contribution in [0.25, 0.3) is 17.1 Å². The van der Waals surface area contributed by atoms with Gasteiger partial charge in [-0.15, -0.1) is 10.2 Å². The lowest BCUT2D eigenvalue weighted by Crippen LogP contribution is -2.13. The average Bonchev–Trinajstić information content (AvgIpc) is 3.30. The summed E-state index contributed by atoms with van der Waals surface area (Å²) in [6.45, 7) is 4.80. The molecule has 0 atom stereocenters. The SMILES string of the molecule is Cc1ccccc1-n1ncc(C(=O)Nc2ccc(Cl)c(-c3nnc4n3CCCCC4)c2)c1C. The number of nitrogens with one attached hydrogen (secondary N) is 1. The van der Waals surface area contributed by atoms with Crippen molar-refractivity contribution in [1.82, 2.24) is 24.5 Å². The predicted molar refractivity (Wildman–Crippen MR) is 129 cm³/mol. The van der Waals surface area contributed by atoms with Gasteiger partial charge in [0.1, 0.15) is 5.82 Å². The van der Waals surface area contributed by atoms with Crippen LogP contribution < -0.4 is 5.32 Å². The van der Waals surface area contributed by atoms with E-state index in [1.54, 1.807) is 23.0 Å². The zero-order valence-corrected chi connectivity index (χ0v) is 19.4. The number of halogens is 1. The number of hydrogen-bond donors (Lipinski definition) is 1. The average molecular weight is 461 g/mol. The molecule has 1 aliphatic heterocycles. The number of nitrogens with zero attached hydrogens (tertiary/aromatic N) is 5. The van der Waals surface area contributed by atoms with Gasteiger partial charge in [-0.2, -0.15) is 5.10 Å². The van der Waals surface area contributed by atoms with Crippen LogP contribution in [0.1, 0.15) is 46.7 Å². The maximum Gasteiger partial charge on any atom is 0.259 e. The van der Waals surface area contributed by atoms with Crippen LogP contribution in [-0.2, 0) is 13.0 Å². The van der Waals surface area contributed by atoms with E-state index < -0.39 is 0 Å². The Bertz CT molecular complexity index is 1340. The zero-order chi connectivity index (χ0) is 22.9.